The maximum atomic E-state index is 12.5. The molecule has 0 unspecified atom stereocenters. The molecule has 0 spiro atoms. The molecule has 1 saturated heterocycles. The molecule has 2 fully saturated rings. The number of aromatic nitrogens is 3. The van der Waals surface area contributed by atoms with Crippen LogP contribution in [0.25, 0.3) is 0 Å². The SMILES string of the molecule is Cc1noc(C)c1C(=O)N1CC(c2nc(CCOC3CCCC3)no2)C1. The van der Waals surface area contributed by atoms with Gasteiger partial charge in [0.15, 0.2) is 5.82 Å². The van der Waals surface area contributed by atoms with Crippen LogP contribution in [0.4, 0.5) is 0 Å². The lowest BCUT2D eigenvalue weighted by atomic mass is 9.98. The zero-order chi connectivity index (χ0) is 18.1. The van der Waals surface area contributed by atoms with Crippen molar-refractivity contribution in [1.82, 2.24) is 20.2 Å². The Morgan fingerprint density at radius 3 is 2.65 bits per heavy atom. The smallest absolute Gasteiger partial charge is 0.259 e. The van der Waals surface area contributed by atoms with Crippen LogP contribution in [0.5, 0.6) is 0 Å². The summed E-state index contributed by atoms with van der Waals surface area (Å²) in [7, 11) is 0. The lowest BCUT2D eigenvalue weighted by Crippen LogP contribution is -2.48. The van der Waals surface area contributed by atoms with Crippen molar-refractivity contribution in [2.75, 3.05) is 19.7 Å². The van der Waals surface area contributed by atoms with Crippen LogP contribution in [0.15, 0.2) is 9.05 Å². The normalized spacial score (nSPS) is 18.5. The fourth-order valence-electron chi connectivity index (χ4n) is 3.65. The molecule has 0 aromatic carbocycles. The highest BCUT2D eigenvalue weighted by atomic mass is 16.5. The highest BCUT2D eigenvalue weighted by molar-refractivity contribution is 5.96. The fourth-order valence-corrected chi connectivity index (χ4v) is 3.65. The van der Waals surface area contributed by atoms with Crippen molar-refractivity contribution in [2.45, 2.75) is 58.0 Å². The molecule has 2 aliphatic rings. The number of rotatable bonds is 6. The standard InChI is InChI=1S/C18H24N4O4/c1-11-16(12(2)25-20-11)18(23)22-9-13(10-22)17-19-15(21-26-17)7-8-24-14-5-3-4-6-14/h13-14H,3-10H2,1-2H3. The summed E-state index contributed by atoms with van der Waals surface area (Å²) in [6.45, 7) is 5.30. The summed E-state index contributed by atoms with van der Waals surface area (Å²) in [5.41, 5.74) is 1.18. The van der Waals surface area contributed by atoms with Crippen molar-refractivity contribution in [3.8, 4) is 0 Å². The van der Waals surface area contributed by atoms with Gasteiger partial charge in [0.2, 0.25) is 5.89 Å². The summed E-state index contributed by atoms with van der Waals surface area (Å²) in [5, 5.41) is 7.88. The van der Waals surface area contributed by atoms with E-state index in [2.05, 4.69) is 15.3 Å². The second-order valence-electron chi connectivity index (χ2n) is 7.18. The zero-order valence-corrected chi connectivity index (χ0v) is 15.2. The third kappa shape index (κ3) is 3.38. The van der Waals surface area contributed by atoms with Crippen LogP contribution < -0.4 is 0 Å². The molecule has 0 N–H and O–H groups in total. The molecule has 8 heteroatoms. The third-order valence-electron chi connectivity index (χ3n) is 5.23. The number of carbonyl (C=O) groups excluding carboxylic acids is 1. The average molecular weight is 360 g/mol. The van der Waals surface area contributed by atoms with Crippen LogP contribution in [0.1, 0.15) is 65.1 Å². The summed E-state index contributed by atoms with van der Waals surface area (Å²) in [4.78, 5) is 18.7. The van der Waals surface area contributed by atoms with Gasteiger partial charge in [0.25, 0.3) is 5.91 Å². The Kier molecular flexibility index (Phi) is 4.76. The topological polar surface area (TPSA) is 94.5 Å². The van der Waals surface area contributed by atoms with Gasteiger partial charge >= 0.3 is 0 Å². The highest BCUT2D eigenvalue weighted by Gasteiger charge is 2.37. The van der Waals surface area contributed by atoms with E-state index in [0.29, 0.717) is 61.0 Å². The maximum absolute atomic E-state index is 12.5. The van der Waals surface area contributed by atoms with E-state index in [1.165, 1.54) is 12.8 Å². The summed E-state index contributed by atoms with van der Waals surface area (Å²) >= 11 is 0. The van der Waals surface area contributed by atoms with Crippen LogP contribution in [0, 0.1) is 13.8 Å². The Bertz CT molecular complexity index is 753. The number of likely N-dealkylation sites (tertiary alicyclic amines) is 1. The Balaban J connectivity index is 1.26. The molecule has 3 heterocycles. The summed E-state index contributed by atoms with van der Waals surface area (Å²) in [6, 6.07) is 0. The number of carbonyl (C=O) groups is 1. The van der Waals surface area contributed by atoms with Gasteiger partial charge in [0.05, 0.1) is 24.3 Å². The number of hydrogen-bond donors (Lipinski definition) is 0. The Labute approximate surface area is 151 Å². The number of amides is 1. The van der Waals surface area contributed by atoms with Gasteiger partial charge in [-0.25, -0.2) is 0 Å². The predicted octanol–water partition coefficient (Wildman–Crippen LogP) is 2.42. The van der Waals surface area contributed by atoms with Crippen molar-refractivity contribution in [1.29, 1.82) is 0 Å². The molecule has 140 valence electrons. The van der Waals surface area contributed by atoms with Crippen LogP contribution in [0.2, 0.25) is 0 Å². The number of nitrogens with zero attached hydrogens (tertiary/aromatic N) is 4. The van der Waals surface area contributed by atoms with Crippen molar-refractivity contribution < 1.29 is 18.6 Å². The number of aryl methyl sites for hydroxylation is 2. The zero-order valence-electron chi connectivity index (χ0n) is 15.2. The molecule has 26 heavy (non-hydrogen) atoms. The first kappa shape index (κ1) is 17.2. The van der Waals surface area contributed by atoms with Gasteiger partial charge in [-0.3, -0.25) is 4.79 Å². The van der Waals surface area contributed by atoms with Gasteiger partial charge < -0.3 is 18.7 Å². The van der Waals surface area contributed by atoms with Crippen molar-refractivity contribution >= 4 is 5.91 Å². The summed E-state index contributed by atoms with van der Waals surface area (Å²) < 4.78 is 16.3. The van der Waals surface area contributed by atoms with Crippen LogP contribution >= 0.6 is 0 Å². The molecule has 0 atom stereocenters. The summed E-state index contributed by atoms with van der Waals surface area (Å²) in [5.74, 6) is 1.87. The van der Waals surface area contributed by atoms with E-state index in [0.717, 1.165) is 12.8 Å². The van der Waals surface area contributed by atoms with Crippen molar-refractivity contribution in [3.05, 3.63) is 28.7 Å². The van der Waals surface area contributed by atoms with Gasteiger partial charge in [0.1, 0.15) is 11.3 Å². The van der Waals surface area contributed by atoms with E-state index in [4.69, 9.17) is 13.8 Å². The summed E-state index contributed by atoms with van der Waals surface area (Å²) in [6.07, 6.45) is 5.92. The highest BCUT2D eigenvalue weighted by Crippen LogP contribution is 2.28. The molecule has 1 saturated carbocycles. The van der Waals surface area contributed by atoms with Gasteiger partial charge in [-0.15, -0.1) is 0 Å². The molecule has 0 bridgehead atoms. The lowest BCUT2D eigenvalue weighted by Gasteiger charge is -2.36. The molecule has 1 amide bonds. The average Bonchev–Trinajstić information content (AvgIpc) is 3.29. The molecule has 1 aliphatic heterocycles. The van der Waals surface area contributed by atoms with Gasteiger partial charge in [-0.05, 0) is 26.7 Å². The minimum atomic E-state index is -0.0535. The van der Waals surface area contributed by atoms with Crippen LogP contribution in [-0.4, -0.2) is 51.9 Å². The van der Waals surface area contributed by atoms with E-state index < -0.39 is 0 Å². The molecule has 4 rings (SSSR count). The van der Waals surface area contributed by atoms with Gasteiger partial charge in [-0.2, -0.15) is 4.98 Å². The molecule has 2 aromatic heterocycles. The van der Waals surface area contributed by atoms with Crippen molar-refractivity contribution in [3.63, 3.8) is 0 Å². The molecular formula is C18H24N4O4. The van der Waals surface area contributed by atoms with E-state index >= 15 is 0 Å². The number of ether oxygens (including phenoxy) is 1. The van der Waals surface area contributed by atoms with E-state index in [9.17, 15) is 4.79 Å². The third-order valence-corrected chi connectivity index (χ3v) is 5.23. The van der Waals surface area contributed by atoms with E-state index in [1.54, 1.807) is 18.7 Å². The van der Waals surface area contributed by atoms with Crippen LogP contribution in [0.3, 0.4) is 0 Å². The Morgan fingerprint density at radius 2 is 1.96 bits per heavy atom. The minimum absolute atomic E-state index is 0.0535. The van der Waals surface area contributed by atoms with E-state index in [-0.39, 0.29) is 11.8 Å². The lowest BCUT2D eigenvalue weighted by molar-refractivity contribution is 0.0565. The van der Waals surface area contributed by atoms with Crippen LogP contribution in [-0.2, 0) is 11.2 Å². The maximum Gasteiger partial charge on any atom is 0.259 e. The molecular weight excluding hydrogens is 336 g/mol. The van der Waals surface area contributed by atoms with Gasteiger partial charge in [-0.1, -0.05) is 23.2 Å². The minimum Gasteiger partial charge on any atom is -0.378 e. The monoisotopic (exact) mass is 360 g/mol. The first-order valence-electron chi connectivity index (χ1n) is 9.28. The Hall–Kier alpha value is -2.22. The molecule has 0 radical (unpaired) electrons. The molecule has 8 nitrogen and oxygen atoms in total. The predicted molar refractivity (Wildman–Crippen MR) is 90.8 cm³/mol. The second-order valence-corrected chi connectivity index (χ2v) is 7.18. The quantitative estimate of drug-likeness (QED) is 0.780. The van der Waals surface area contributed by atoms with Crippen molar-refractivity contribution in [2.24, 2.45) is 0 Å². The fraction of sp³-hybridized carbons (Fsp3) is 0.667. The first-order chi connectivity index (χ1) is 12.6. The first-order valence-corrected chi connectivity index (χ1v) is 9.28. The second kappa shape index (κ2) is 7.19. The van der Waals surface area contributed by atoms with Gasteiger partial charge in [0, 0.05) is 19.5 Å². The molecule has 1 aliphatic carbocycles. The number of hydrogen-bond acceptors (Lipinski definition) is 7. The molecule has 2 aromatic rings. The largest absolute Gasteiger partial charge is 0.378 e. The Morgan fingerprint density at radius 1 is 1.19 bits per heavy atom. The van der Waals surface area contributed by atoms with E-state index in [1.807, 2.05) is 0 Å².